The van der Waals surface area contributed by atoms with Crippen LogP contribution < -0.4 is 4.90 Å². The van der Waals surface area contributed by atoms with Crippen LogP contribution in [0.3, 0.4) is 0 Å². The molecule has 1 atom stereocenters. The number of hydrogen-bond donors (Lipinski definition) is 1. The Morgan fingerprint density at radius 2 is 2.00 bits per heavy atom. The number of pyridine rings is 1. The molecule has 1 N–H and O–H groups in total. The third kappa shape index (κ3) is 3.66. The number of halogens is 3. The summed E-state index contributed by atoms with van der Waals surface area (Å²) in [6.07, 6.45) is 1.62. The number of rotatable bonds is 5. The average molecular weight is 409 g/mol. The van der Waals surface area contributed by atoms with Gasteiger partial charge in [-0.2, -0.15) is 13.2 Å². The van der Waals surface area contributed by atoms with E-state index in [2.05, 4.69) is 24.8 Å². The summed E-state index contributed by atoms with van der Waals surface area (Å²) in [5.41, 5.74) is -0.192. The maximum Gasteiger partial charge on any atom is 0.433 e. The van der Waals surface area contributed by atoms with Crippen molar-refractivity contribution in [2.24, 2.45) is 5.92 Å². The summed E-state index contributed by atoms with van der Waals surface area (Å²) in [5.74, 6) is 1.52. The largest absolute Gasteiger partial charge is 0.611 e. The van der Waals surface area contributed by atoms with Crippen molar-refractivity contribution < 1.29 is 17.7 Å². The van der Waals surface area contributed by atoms with Crippen molar-refractivity contribution in [1.82, 2.24) is 19.9 Å². The van der Waals surface area contributed by atoms with Crippen molar-refractivity contribution in [2.75, 3.05) is 17.7 Å². The van der Waals surface area contributed by atoms with Gasteiger partial charge in [0.15, 0.2) is 4.90 Å². The van der Waals surface area contributed by atoms with Crippen LogP contribution in [0.2, 0.25) is 0 Å². The molecule has 3 aromatic rings. The Hall–Kier alpha value is -2.33. The molecule has 1 aliphatic carbocycles. The lowest BCUT2D eigenvalue weighted by molar-refractivity contribution is -0.141. The van der Waals surface area contributed by atoms with Gasteiger partial charge in [-0.15, -0.1) is 0 Å². The van der Waals surface area contributed by atoms with E-state index < -0.39 is 23.0 Å². The predicted molar refractivity (Wildman–Crippen MR) is 99.3 cm³/mol. The second-order valence-corrected chi connectivity index (χ2v) is 8.42. The highest BCUT2D eigenvalue weighted by Gasteiger charge is 2.37. The minimum Gasteiger partial charge on any atom is -0.611 e. The summed E-state index contributed by atoms with van der Waals surface area (Å²) in [5, 5.41) is 0.952. The van der Waals surface area contributed by atoms with Crippen LogP contribution >= 0.6 is 0 Å². The fourth-order valence-corrected chi connectivity index (χ4v) is 4.74. The highest BCUT2D eigenvalue weighted by Crippen LogP contribution is 2.36. The highest BCUT2D eigenvalue weighted by atomic mass is 32.2. The Balaban J connectivity index is 1.34. The molecule has 0 bridgehead atoms. The van der Waals surface area contributed by atoms with E-state index in [4.69, 9.17) is 0 Å². The van der Waals surface area contributed by atoms with Gasteiger partial charge in [-0.1, -0.05) is 0 Å². The number of hydrogen-bond acceptors (Lipinski definition) is 5. The van der Waals surface area contributed by atoms with E-state index in [1.54, 1.807) is 0 Å². The molecule has 6 nitrogen and oxygen atoms in total. The van der Waals surface area contributed by atoms with Crippen molar-refractivity contribution in [3.8, 4) is 0 Å². The highest BCUT2D eigenvalue weighted by molar-refractivity contribution is 7.91. The molecule has 1 fully saturated rings. The zero-order valence-electron chi connectivity index (χ0n) is 15.0. The molecule has 3 heterocycles. The van der Waals surface area contributed by atoms with Gasteiger partial charge >= 0.3 is 6.18 Å². The Bertz CT molecular complexity index is 956. The molecule has 0 aromatic carbocycles. The molecular weight excluding hydrogens is 391 g/mol. The monoisotopic (exact) mass is 409 g/mol. The number of anilines is 1. The van der Waals surface area contributed by atoms with E-state index in [0.717, 1.165) is 42.0 Å². The Morgan fingerprint density at radius 3 is 2.68 bits per heavy atom. The lowest BCUT2D eigenvalue weighted by Crippen LogP contribution is -2.45. The van der Waals surface area contributed by atoms with Crippen LogP contribution in [0.1, 0.15) is 18.5 Å². The minimum absolute atomic E-state index is 0.249. The Morgan fingerprint density at radius 1 is 1.21 bits per heavy atom. The van der Waals surface area contributed by atoms with Crippen LogP contribution in [0.5, 0.6) is 0 Å². The number of H-pyrrole nitrogens is 1. The van der Waals surface area contributed by atoms with Gasteiger partial charge < -0.3 is 14.4 Å². The zero-order valence-corrected chi connectivity index (χ0v) is 15.8. The molecule has 0 spiro atoms. The van der Waals surface area contributed by atoms with Crippen molar-refractivity contribution in [3.63, 3.8) is 0 Å². The first-order valence-corrected chi connectivity index (χ1v) is 10.1. The van der Waals surface area contributed by atoms with Crippen LogP contribution in [0, 0.1) is 5.92 Å². The van der Waals surface area contributed by atoms with E-state index in [9.17, 15) is 17.7 Å². The maximum absolute atomic E-state index is 12.6. The first kappa shape index (κ1) is 19.0. The first-order valence-electron chi connectivity index (χ1n) is 8.75. The molecule has 1 aliphatic rings. The quantitative estimate of drug-likeness (QED) is 0.654. The molecule has 10 heteroatoms. The average Bonchev–Trinajstić information content (AvgIpc) is 3.11. The van der Waals surface area contributed by atoms with E-state index in [1.807, 2.05) is 19.3 Å². The van der Waals surface area contributed by atoms with Crippen LogP contribution in [0.25, 0.3) is 11.0 Å². The van der Waals surface area contributed by atoms with Crippen LogP contribution in [0.4, 0.5) is 19.0 Å². The molecule has 148 valence electrons. The predicted octanol–water partition coefficient (Wildman–Crippen LogP) is 3.39. The van der Waals surface area contributed by atoms with E-state index in [-0.39, 0.29) is 12.0 Å². The van der Waals surface area contributed by atoms with Crippen LogP contribution in [-0.4, -0.2) is 43.3 Å². The smallest absolute Gasteiger partial charge is 0.433 e. The van der Waals surface area contributed by atoms with Gasteiger partial charge in [0.2, 0.25) is 0 Å². The van der Waals surface area contributed by atoms with E-state index in [0.29, 0.717) is 10.6 Å². The summed E-state index contributed by atoms with van der Waals surface area (Å²) >= 11 is -1.36. The number of aromatic nitrogens is 4. The second-order valence-electron chi connectivity index (χ2n) is 6.93. The second kappa shape index (κ2) is 7.25. The molecule has 28 heavy (non-hydrogen) atoms. The van der Waals surface area contributed by atoms with Gasteiger partial charge in [0.05, 0.1) is 11.6 Å². The summed E-state index contributed by atoms with van der Waals surface area (Å²) in [6.45, 7) is 0. The molecule has 0 amide bonds. The Kier molecular flexibility index (Phi) is 4.92. The van der Waals surface area contributed by atoms with Gasteiger partial charge in [-0.3, -0.25) is 0 Å². The summed E-state index contributed by atoms with van der Waals surface area (Å²) in [4.78, 5) is 17.4. The summed E-state index contributed by atoms with van der Waals surface area (Å²) in [7, 11) is 1.98. The number of nitrogens with zero attached hydrogens (tertiary/aromatic N) is 4. The number of nitrogens with one attached hydrogen (secondary N) is 1. The number of fused-ring (bicyclic) bond motifs is 1. The fraction of sp³-hybridized carbons (Fsp3) is 0.389. The van der Waals surface area contributed by atoms with Crippen LogP contribution in [0.15, 0.2) is 41.8 Å². The van der Waals surface area contributed by atoms with Crippen molar-refractivity contribution >= 4 is 28.0 Å². The van der Waals surface area contributed by atoms with E-state index >= 15 is 0 Å². The van der Waals surface area contributed by atoms with Gasteiger partial charge in [0, 0.05) is 25.2 Å². The standard InChI is InChI=1S/C18H18F3N5OS/c1-26(17-14-4-5-22-16(14)24-10-25-17)12-6-11(7-12)9-28(27)13-2-3-15(23-8-13)18(19,20)21/h2-5,8,10-12H,6-7,9H2,1H3,(H,22,24,25)/t11-,12+,28?. The molecule has 0 saturated heterocycles. The molecule has 0 aliphatic heterocycles. The van der Waals surface area contributed by atoms with Gasteiger partial charge in [-0.25, -0.2) is 15.0 Å². The minimum atomic E-state index is -4.49. The molecular formula is C18H18F3N5OS. The van der Waals surface area contributed by atoms with Crippen molar-refractivity contribution in [3.05, 3.63) is 42.6 Å². The topological polar surface area (TPSA) is 80.8 Å². The van der Waals surface area contributed by atoms with E-state index in [1.165, 1.54) is 12.4 Å². The lowest BCUT2D eigenvalue weighted by Gasteiger charge is -2.41. The summed E-state index contributed by atoms with van der Waals surface area (Å²) in [6, 6.07) is 4.34. The molecule has 4 rings (SSSR count). The van der Waals surface area contributed by atoms with Crippen LogP contribution in [-0.2, 0) is 17.4 Å². The molecule has 3 aromatic heterocycles. The summed E-state index contributed by atoms with van der Waals surface area (Å²) < 4.78 is 50.2. The lowest BCUT2D eigenvalue weighted by atomic mass is 9.81. The number of aromatic amines is 1. The van der Waals surface area contributed by atoms with Crippen molar-refractivity contribution in [1.29, 1.82) is 0 Å². The van der Waals surface area contributed by atoms with Gasteiger partial charge in [0.1, 0.15) is 29.2 Å². The number of alkyl halides is 3. The molecule has 1 saturated carbocycles. The Labute approximate surface area is 162 Å². The fourth-order valence-electron chi connectivity index (χ4n) is 3.46. The normalized spacial score (nSPS) is 20.8. The first-order chi connectivity index (χ1) is 13.3. The maximum atomic E-state index is 12.6. The zero-order chi connectivity index (χ0) is 19.9. The SMILES string of the molecule is CN(c1ncnc2[nH]ccc12)[C@H]1C[C@@H](C[S+]([O-])c2ccc(C(F)(F)F)nc2)C1. The van der Waals surface area contributed by atoms with Gasteiger partial charge in [-0.05, 0) is 42.2 Å². The third-order valence-corrected chi connectivity index (χ3v) is 6.64. The van der Waals surface area contributed by atoms with Crippen molar-refractivity contribution in [2.45, 2.75) is 30.0 Å². The van der Waals surface area contributed by atoms with Gasteiger partial charge in [0.25, 0.3) is 0 Å². The molecule has 1 unspecified atom stereocenters. The third-order valence-electron chi connectivity index (χ3n) is 5.10. The molecule has 0 radical (unpaired) electrons.